The number of rotatable bonds is 2. The van der Waals surface area contributed by atoms with Crippen LogP contribution in [0.1, 0.15) is 26.3 Å². The van der Waals surface area contributed by atoms with Crippen LogP contribution in [0.4, 0.5) is 11.6 Å². The van der Waals surface area contributed by atoms with E-state index in [9.17, 15) is 0 Å². The number of nitrogens with one attached hydrogen (secondary N) is 2. The minimum absolute atomic E-state index is 0.229. The number of nitrogens with zero attached hydrogens (tertiary/aromatic N) is 3. The first-order valence-electron chi connectivity index (χ1n) is 5.70. The highest BCUT2D eigenvalue weighted by Gasteiger charge is 2.26. The van der Waals surface area contributed by atoms with Gasteiger partial charge in [0.1, 0.15) is 17.5 Å². The number of nitrogens with two attached hydrogens (primary N) is 1. The maximum atomic E-state index is 9.14. The van der Waals surface area contributed by atoms with E-state index in [1.54, 1.807) is 4.68 Å². The molecule has 2 rings (SSSR count). The molecule has 92 valence electrons. The third-order valence-electron chi connectivity index (χ3n) is 2.79. The van der Waals surface area contributed by atoms with E-state index in [2.05, 4.69) is 21.8 Å². The number of nitrogen functional groups attached to an aromatic ring is 1. The zero-order chi connectivity index (χ0) is 12.6. The molecule has 6 nitrogen and oxygen atoms in total. The van der Waals surface area contributed by atoms with Gasteiger partial charge in [0.05, 0.1) is 11.6 Å². The first-order chi connectivity index (χ1) is 7.93. The number of aromatic nitrogens is 2. The zero-order valence-corrected chi connectivity index (χ0v) is 10.4. The minimum Gasteiger partial charge on any atom is -0.383 e. The maximum Gasteiger partial charge on any atom is 0.168 e. The molecule has 1 aliphatic rings. The summed E-state index contributed by atoms with van der Waals surface area (Å²) in [6.07, 6.45) is 0. The summed E-state index contributed by atoms with van der Waals surface area (Å²) < 4.78 is 1.69. The molecule has 0 aromatic carbocycles. The van der Waals surface area contributed by atoms with Gasteiger partial charge >= 0.3 is 0 Å². The first-order valence-corrected chi connectivity index (χ1v) is 5.70. The highest BCUT2D eigenvalue weighted by Crippen LogP contribution is 2.27. The molecule has 1 aromatic rings. The second kappa shape index (κ2) is 3.93. The molecule has 0 bridgehead atoms. The van der Waals surface area contributed by atoms with Crippen molar-refractivity contribution in [2.45, 2.75) is 32.4 Å². The van der Waals surface area contributed by atoms with E-state index in [4.69, 9.17) is 11.0 Å². The van der Waals surface area contributed by atoms with E-state index in [0.717, 1.165) is 13.1 Å². The number of hydrogen-bond acceptors (Lipinski definition) is 5. The normalized spacial score (nSPS) is 16.4. The lowest BCUT2D eigenvalue weighted by atomic mass is 10.1. The monoisotopic (exact) mass is 234 g/mol. The lowest BCUT2D eigenvalue weighted by Crippen LogP contribution is -2.51. The molecular weight excluding hydrogens is 216 g/mol. The van der Waals surface area contributed by atoms with Crippen LogP contribution < -0.4 is 16.4 Å². The van der Waals surface area contributed by atoms with Crippen LogP contribution in [0.3, 0.4) is 0 Å². The van der Waals surface area contributed by atoms with Gasteiger partial charge in [-0.05, 0) is 20.8 Å². The Morgan fingerprint density at radius 2 is 2.18 bits per heavy atom. The number of nitriles is 1. The number of anilines is 2. The van der Waals surface area contributed by atoms with Crippen molar-refractivity contribution < 1.29 is 0 Å². The molecule has 6 heteroatoms. The Morgan fingerprint density at radius 3 is 2.59 bits per heavy atom. The largest absolute Gasteiger partial charge is 0.383 e. The van der Waals surface area contributed by atoms with Gasteiger partial charge in [0.25, 0.3) is 0 Å². The molecular formula is C11H18N6. The van der Waals surface area contributed by atoms with Crippen molar-refractivity contribution in [3.8, 4) is 6.07 Å². The highest BCUT2D eigenvalue weighted by atomic mass is 15.4. The summed E-state index contributed by atoms with van der Waals surface area (Å²) in [6.45, 7) is 7.81. The van der Waals surface area contributed by atoms with Crippen LogP contribution in [0.5, 0.6) is 0 Å². The van der Waals surface area contributed by atoms with Crippen LogP contribution in [0, 0.1) is 11.3 Å². The molecule has 4 N–H and O–H groups in total. The molecule has 0 spiro atoms. The van der Waals surface area contributed by atoms with Crippen molar-refractivity contribution in [1.29, 1.82) is 5.26 Å². The summed E-state index contributed by atoms with van der Waals surface area (Å²) in [5.74, 6) is 1.02. The van der Waals surface area contributed by atoms with Gasteiger partial charge in [-0.2, -0.15) is 10.4 Å². The van der Waals surface area contributed by atoms with Crippen LogP contribution in [0.15, 0.2) is 0 Å². The second-order valence-corrected chi connectivity index (χ2v) is 5.30. The van der Waals surface area contributed by atoms with E-state index in [-0.39, 0.29) is 5.54 Å². The predicted molar refractivity (Wildman–Crippen MR) is 66.6 cm³/mol. The summed E-state index contributed by atoms with van der Waals surface area (Å²) in [6, 6.07) is 2.46. The second-order valence-electron chi connectivity index (χ2n) is 5.30. The van der Waals surface area contributed by atoms with Gasteiger partial charge in [-0.15, -0.1) is 0 Å². The Balaban J connectivity index is 2.35. The third kappa shape index (κ3) is 2.06. The van der Waals surface area contributed by atoms with Crippen LogP contribution >= 0.6 is 0 Å². The Labute approximate surface area is 101 Å². The standard InChI is InChI=1S/C11H18N6/c1-11(2,3)17-9(13)8(4-12)10(16-17)15-7-5-14-6-7/h7,14H,5-6,13H2,1-3H3,(H,15,16). The maximum absolute atomic E-state index is 9.14. The van der Waals surface area contributed by atoms with E-state index < -0.39 is 0 Å². The fourth-order valence-electron chi connectivity index (χ4n) is 1.74. The third-order valence-corrected chi connectivity index (χ3v) is 2.79. The summed E-state index contributed by atoms with van der Waals surface area (Å²) in [4.78, 5) is 0. The van der Waals surface area contributed by atoms with Gasteiger partial charge in [-0.3, -0.25) is 0 Å². The average Bonchev–Trinajstić information content (AvgIpc) is 2.48. The molecule has 1 saturated heterocycles. The average molecular weight is 234 g/mol. The zero-order valence-electron chi connectivity index (χ0n) is 10.4. The Bertz CT molecular complexity index is 458. The van der Waals surface area contributed by atoms with Crippen molar-refractivity contribution in [3.63, 3.8) is 0 Å². The van der Waals surface area contributed by atoms with Gasteiger partial charge in [0, 0.05) is 13.1 Å². The molecule has 0 atom stereocenters. The lowest BCUT2D eigenvalue weighted by Gasteiger charge is -2.28. The van der Waals surface area contributed by atoms with Gasteiger partial charge in [0.15, 0.2) is 5.82 Å². The summed E-state index contributed by atoms with van der Waals surface area (Å²) in [5.41, 5.74) is 6.17. The van der Waals surface area contributed by atoms with Gasteiger partial charge in [0.2, 0.25) is 0 Å². The van der Waals surface area contributed by atoms with Crippen molar-refractivity contribution in [2.24, 2.45) is 0 Å². The van der Waals surface area contributed by atoms with E-state index in [1.807, 2.05) is 20.8 Å². The minimum atomic E-state index is -0.229. The Hall–Kier alpha value is -1.74. The van der Waals surface area contributed by atoms with Crippen molar-refractivity contribution >= 4 is 11.6 Å². The summed E-state index contributed by atoms with van der Waals surface area (Å²) >= 11 is 0. The lowest BCUT2D eigenvalue weighted by molar-refractivity contribution is 0.361. The molecule has 0 unspecified atom stereocenters. The van der Waals surface area contributed by atoms with Crippen molar-refractivity contribution in [2.75, 3.05) is 24.1 Å². The van der Waals surface area contributed by atoms with Crippen molar-refractivity contribution in [3.05, 3.63) is 5.56 Å². The van der Waals surface area contributed by atoms with Gasteiger partial charge in [-0.25, -0.2) is 4.68 Å². The molecule has 1 aliphatic heterocycles. The quantitative estimate of drug-likeness (QED) is 0.692. The van der Waals surface area contributed by atoms with Gasteiger partial charge in [-0.1, -0.05) is 0 Å². The fourth-order valence-corrected chi connectivity index (χ4v) is 1.74. The Morgan fingerprint density at radius 1 is 1.53 bits per heavy atom. The van der Waals surface area contributed by atoms with E-state index in [0.29, 0.717) is 23.2 Å². The SMILES string of the molecule is CC(C)(C)n1nc(NC2CNC2)c(C#N)c1N. The number of hydrogen-bond donors (Lipinski definition) is 3. The highest BCUT2D eigenvalue weighted by molar-refractivity contribution is 5.64. The molecule has 0 saturated carbocycles. The smallest absolute Gasteiger partial charge is 0.168 e. The van der Waals surface area contributed by atoms with E-state index in [1.165, 1.54) is 0 Å². The summed E-state index contributed by atoms with van der Waals surface area (Å²) in [7, 11) is 0. The van der Waals surface area contributed by atoms with Crippen LogP contribution in [0.25, 0.3) is 0 Å². The molecule has 1 aromatic heterocycles. The summed E-state index contributed by atoms with van der Waals surface area (Å²) in [5, 5.41) is 19.9. The molecule has 17 heavy (non-hydrogen) atoms. The predicted octanol–water partition coefficient (Wildman–Crippen LogP) is 0.476. The molecule has 2 heterocycles. The molecule has 1 fully saturated rings. The van der Waals surface area contributed by atoms with Crippen molar-refractivity contribution in [1.82, 2.24) is 15.1 Å². The molecule has 0 aliphatic carbocycles. The van der Waals surface area contributed by atoms with Crippen LogP contribution in [-0.2, 0) is 5.54 Å². The van der Waals surface area contributed by atoms with E-state index >= 15 is 0 Å². The van der Waals surface area contributed by atoms with Crippen LogP contribution in [-0.4, -0.2) is 28.9 Å². The Kier molecular flexibility index (Phi) is 2.71. The molecule has 0 amide bonds. The molecule has 0 radical (unpaired) electrons. The van der Waals surface area contributed by atoms with Crippen LogP contribution in [0.2, 0.25) is 0 Å². The van der Waals surface area contributed by atoms with Gasteiger partial charge < -0.3 is 16.4 Å². The topological polar surface area (TPSA) is 91.7 Å². The fraction of sp³-hybridized carbons (Fsp3) is 0.636. The first kappa shape index (κ1) is 11.7.